The first-order chi connectivity index (χ1) is 9.63. The lowest BCUT2D eigenvalue weighted by molar-refractivity contribution is 0.0942. The molecule has 5 heteroatoms. The summed E-state index contributed by atoms with van der Waals surface area (Å²) in [6.45, 7) is 0.455. The molecular formula is C16H20ClN3O. The van der Waals surface area contributed by atoms with Crippen LogP contribution >= 0.6 is 11.6 Å². The van der Waals surface area contributed by atoms with Gasteiger partial charge >= 0.3 is 0 Å². The number of rotatable bonds is 5. The molecule has 1 aliphatic rings. The highest BCUT2D eigenvalue weighted by atomic mass is 35.5. The summed E-state index contributed by atoms with van der Waals surface area (Å²) in [4.78, 5) is 14.3. The Kier molecular flexibility index (Phi) is 4.80. The van der Waals surface area contributed by atoms with E-state index in [4.69, 9.17) is 11.6 Å². The summed E-state index contributed by atoms with van der Waals surface area (Å²) in [6, 6.07) is 7.95. The third-order valence-corrected chi connectivity index (χ3v) is 3.81. The third kappa shape index (κ3) is 3.71. The van der Waals surface area contributed by atoms with Crippen molar-refractivity contribution in [3.05, 3.63) is 47.2 Å². The van der Waals surface area contributed by atoms with Crippen LogP contribution in [0.25, 0.3) is 5.69 Å². The number of hydrogen-bond acceptors (Lipinski definition) is 3. The fraction of sp³-hybridized carbons (Fsp3) is 0.375. The van der Waals surface area contributed by atoms with E-state index in [-0.39, 0.29) is 13.2 Å². The van der Waals surface area contributed by atoms with Crippen LogP contribution in [0.1, 0.15) is 30.6 Å². The summed E-state index contributed by atoms with van der Waals surface area (Å²) in [5, 5.41) is 4.92. The van der Waals surface area contributed by atoms with E-state index in [0.29, 0.717) is 23.2 Å². The topological polar surface area (TPSA) is 38.1 Å². The van der Waals surface area contributed by atoms with Crippen LogP contribution in [-0.2, 0) is 0 Å². The van der Waals surface area contributed by atoms with Crippen molar-refractivity contribution in [1.82, 2.24) is 14.7 Å². The van der Waals surface area contributed by atoms with Gasteiger partial charge in [-0.05, 0) is 44.2 Å². The Labute approximate surface area is 130 Å². The molecule has 1 aromatic carbocycles. The Morgan fingerprint density at radius 2 is 2.05 bits per heavy atom. The zero-order valence-electron chi connectivity index (χ0n) is 11.3. The van der Waals surface area contributed by atoms with Gasteiger partial charge in [-0.1, -0.05) is 19.0 Å². The van der Waals surface area contributed by atoms with Crippen molar-refractivity contribution in [2.24, 2.45) is 0 Å². The fourth-order valence-corrected chi connectivity index (χ4v) is 2.29. The third-order valence-electron chi connectivity index (χ3n) is 3.56. The van der Waals surface area contributed by atoms with Crippen LogP contribution in [0.2, 0.25) is 5.02 Å². The average molecular weight is 306 g/mol. The molecule has 0 N–H and O–H groups in total. The van der Waals surface area contributed by atoms with E-state index < -0.39 is 0 Å². The molecule has 1 heterocycles. The predicted molar refractivity (Wildman–Crippen MR) is 85.3 cm³/mol. The summed E-state index contributed by atoms with van der Waals surface area (Å²) in [5.41, 5.74) is 1.54. The van der Waals surface area contributed by atoms with Gasteiger partial charge in [0.2, 0.25) is 0 Å². The molecule has 1 saturated carbocycles. The molecule has 0 atom stereocenters. The number of carbonyl (C=O) groups is 1. The molecule has 112 valence electrons. The lowest BCUT2D eigenvalue weighted by atomic mass is 10.2. The second-order valence-electron chi connectivity index (χ2n) is 5.22. The molecule has 0 spiro atoms. The Morgan fingerprint density at radius 1 is 1.38 bits per heavy atom. The monoisotopic (exact) mass is 305 g/mol. The number of carbonyl (C=O) groups excluding carboxylic acids is 1. The standard InChI is InChI=1S/C15H16ClN3O.CH4/c1-18(13-6-7-13)10-15(20)11-8-17-19(9-11)14-4-2-12(16)3-5-14;/h2-5,8-9,13H,6-7,10H2,1H3;1H4. The number of Topliss-reactive ketones (excluding diaryl/α,β-unsaturated/α-hetero) is 1. The predicted octanol–water partition coefficient (Wildman–Crippen LogP) is 3.44. The highest BCUT2D eigenvalue weighted by Crippen LogP contribution is 2.25. The van der Waals surface area contributed by atoms with Gasteiger partial charge in [0.05, 0.1) is 24.0 Å². The molecular weight excluding hydrogens is 286 g/mol. The van der Waals surface area contributed by atoms with Crippen molar-refractivity contribution in [3.8, 4) is 5.69 Å². The van der Waals surface area contributed by atoms with Crippen LogP contribution in [-0.4, -0.2) is 40.1 Å². The van der Waals surface area contributed by atoms with Gasteiger partial charge in [-0.25, -0.2) is 4.68 Å². The van der Waals surface area contributed by atoms with Gasteiger partial charge in [-0.3, -0.25) is 9.69 Å². The van der Waals surface area contributed by atoms with E-state index in [2.05, 4.69) is 10.00 Å². The Hall–Kier alpha value is -1.65. The Bertz CT molecular complexity index is 617. The van der Waals surface area contributed by atoms with Gasteiger partial charge in [-0.15, -0.1) is 0 Å². The summed E-state index contributed by atoms with van der Waals surface area (Å²) in [7, 11) is 2.00. The number of halogens is 1. The van der Waals surface area contributed by atoms with Crippen molar-refractivity contribution < 1.29 is 4.79 Å². The van der Waals surface area contributed by atoms with Crippen molar-refractivity contribution in [2.45, 2.75) is 26.3 Å². The van der Waals surface area contributed by atoms with Gasteiger partial charge in [-0.2, -0.15) is 5.10 Å². The van der Waals surface area contributed by atoms with E-state index in [1.54, 1.807) is 29.2 Å². The van der Waals surface area contributed by atoms with Gasteiger partial charge in [0.25, 0.3) is 0 Å². The molecule has 0 amide bonds. The van der Waals surface area contributed by atoms with Crippen LogP contribution in [0.5, 0.6) is 0 Å². The minimum Gasteiger partial charge on any atom is -0.296 e. The molecule has 0 radical (unpaired) electrons. The summed E-state index contributed by atoms with van der Waals surface area (Å²) >= 11 is 5.86. The van der Waals surface area contributed by atoms with E-state index in [1.807, 2.05) is 19.2 Å². The van der Waals surface area contributed by atoms with Crippen molar-refractivity contribution in [3.63, 3.8) is 0 Å². The smallest absolute Gasteiger partial charge is 0.179 e. The van der Waals surface area contributed by atoms with Crippen molar-refractivity contribution >= 4 is 17.4 Å². The molecule has 0 bridgehead atoms. The lowest BCUT2D eigenvalue weighted by Crippen LogP contribution is -2.27. The molecule has 0 saturated heterocycles. The number of ketones is 1. The van der Waals surface area contributed by atoms with E-state index >= 15 is 0 Å². The number of aromatic nitrogens is 2. The Balaban J connectivity index is 0.00000161. The van der Waals surface area contributed by atoms with Crippen LogP contribution in [0.4, 0.5) is 0 Å². The molecule has 0 aliphatic heterocycles. The molecule has 1 aliphatic carbocycles. The lowest BCUT2D eigenvalue weighted by Gasteiger charge is -2.13. The van der Waals surface area contributed by atoms with Crippen LogP contribution in [0.15, 0.2) is 36.7 Å². The maximum atomic E-state index is 12.2. The molecule has 3 rings (SSSR count). The average Bonchev–Trinajstić information content (AvgIpc) is 3.17. The van der Waals surface area contributed by atoms with Crippen LogP contribution in [0.3, 0.4) is 0 Å². The second-order valence-corrected chi connectivity index (χ2v) is 5.66. The molecule has 2 aromatic rings. The number of nitrogens with zero attached hydrogens (tertiary/aromatic N) is 3. The largest absolute Gasteiger partial charge is 0.296 e. The molecule has 1 aromatic heterocycles. The maximum Gasteiger partial charge on any atom is 0.179 e. The first-order valence-corrected chi connectivity index (χ1v) is 7.05. The zero-order valence-corrected chi connectivity index (χ0v) is 12.0. The van der Waals surface area contributed by atoms with Gasteiger partial charge in [0.1, 0.15) is 0 Å². The minimum absolute atomic E-state index is 0. The highest BCUT2D eigenvalue weighted by molar-refractivity contribution is 6.30. The SMILES string of the molecule is C.CN(CC(=O)c1cnn(-c2ccc(Cl)cc2)c1)C1CC1. The van der Waals surface area contributed by atoms with E-state index in [0.717, 1.165) is 5.69 Å². The highest BCUT2D eigenvalue weighted by Gasteiger charge is 2.27. The quantitative estimate of drug-likeness (QED) is 0.794. The molecule has 1 fully saturated rings. The number of benzene rings is 1. The second kappa shape index (κ2) is 6.41. The zero-order chi connectivity index (χ0) is 14.1. The maximum absolute atomic E-state index is 12.2. The fourth-order valence-electron chi connectivity index (χ4n) is 2.16. The van der Waals surface area contributed by atoms with Gasteiger partial charge in [0.15, 0.2) is 5.78 Å². The Morgan fingerprint density at radius 3 is 2.67 bits per heavy atom. The molecule has 21 heavy (non-hydrogen) atoms. The first-order valence-electron chi connectivity index (χ1n) is 6.67. The molecule has 4 nitrogen and oxygen atoms in total. The minimum atomic E-state index is 0. The van der Waals surface area contributed by atoms with Crippen LogP contribution in [0, 0.1) is 0 Å². The van der Waals surface area contributed by atoms with Crippen LogP contribution < -0.4 is 0 Å². The summed E-state index contributed by atoms with van der Waals surface area (Å²) < 4.78 is 1.70. The summed E-state index contributed by atoms with van der Waals surface area (Å²) in [5.74, 6) is 0.111. The van der Waals surface area contributed by atoms with E-state index in [1.165, 1.54) is 12.8 Å². The van der Waals surface area contributed by atoms with Crippen molar-refractivity contribution in [1.29, 1.82) is 0 Å². The number of likely N-dealkylation sites (N-methyl/N-ethyl adjacent to an activating group) is 1. The molecule has 0 unspecified atom stereocenters. The van der Waals surface area contributed by atoms with Crippen molar-refractivity contribution in [2.75, 3.05) is 13.6 Å². The summed E-state index contributed by atoms with van der Waals surface area (Å²) in [6.07, 6.45) is 5.80. The van der Waals surface area contributed by atoms with E-state index in [9.17, 15) is 4.79 Å². The first kappa shape index (κ1) is 15.7. The van der Waals surface area contributed by atoms with Gasteiger partial charge < -0.3 is 0 Å². The number of hydrogen-bond donors (Lipinski definition) is 0. The normalized spacial score (nSPS) is 14.0. The van der Waals surface area contributed by atoms with Gasteiger partial charge in [0, 0.05) is 17.3 Å².